The van der Waals surface area contributed by atoms with Gasteiger partial charge in [0, 0.05) is 59.9 Å². The van der Waals surface area contributed by atoms with Crippen LogP contribution in [0.1, 0.15) is 5.69 Å². The van der Waals surface area contributed by atoms with E-state index in [1.165, 1.54) is 6.26 Å². The van der Waals surface area contributed by atoms with Gasteiger partial charge in [-0.1, -0.05) is 0 Å². The summed E-state index contributed by atoms with van der Waals surface area (Å²) in [6.07, 6.45) is 6.29. The Balaban J connectivity index is 1.22. The number of aryl methyl sites for hydroxylation is 1. The van der Waals surface area contributed by atoms with Crippen LogP contribution in [0.5, 0.6) is 0 Å². The fraction of sp³-hybridized carbons (Fsp3) is 0.207. The number of aromatic nitrogens is 6. The number of ether oxygens (including phenoxy) is 1. The number of nitrogens with one attached hydrogen (secondary N) is 1. The van der Waals surface area contributed by atoms with Gasteiger partial charge in [-0.3, -0.25) is 4.98 Å². The smallest absolute Gasteiger partial charge is 0.227 e. The van der Waals surface area contributed by atoms with E-state index in [9.17, 15) is 8.42 Å². The Morgan fingerprint density at radius 3 is 2.41 bits per heavy atom. The van der Waals surface area contributed by atoms with Crippen molar-refractivity contribution in [2.75, 3.05) is 42.8 Å². The molecule has 1 fully saturated rings. The Morgan fingerprint density at radius 1 is 0.878 bits per heavy atom. The van der Waals surface area contributed by atoms with Crippen molar-refractivity contribution < 1.29 is 13.2 Å². The summed E-state index contributed by atoms with van der Waals surface area (Å²) in [6.45, 7) is 4.52. The highest BCUT2D eigenvalue weighted by molar-refractivity contribution is 7.90. The lowest BCUT2D eigenvalue weighted by Crippen LogP contribution is -2.36. The van der Waals surface area contributed by atoms with Gasteiger partial charge in [0.15, 0.2) is 15.7 Å². The molecule has 12 heteroatoms. The quantitative estimate of drug-likeness (QED) is 0.307. The molecular formula is C29H28N8O3S. The summed E-state index contributed by atoms with van der Waals surface area (Å²) in [5.41, 5.74) is 5.55. The van der Waals surface area contributed by atoms with Crippen LogP contribution in [-0.4, -0.2) is 70.7 Å². The monoisotopic (exact) mass is 568 g/mol. The zero-order valence-electron chi connectivity index (χ0n) is 22.6. The lowest BCUT2D eigenvalue weighted by Gasteiger charge is -2.29. The minimum atomic E-state index is -3.43. The van der Waals surface area contributed by atoms with E-state index < -0.39 is 9.84 Å². The first-order valence-corrected chi connectivity index (χ1v) is 14.9. The molecule has 208 valence electrons. The number of pyridine rings is 1. The molecule has 0 unspecified atom stereocenters. The number of hydrogen-bond acceptors (Lipinski definition) is 10. The maximum absolute atomic E-state index is 12.5. The fourth-order valence-electron chi connectivity index (χ4n) is 4.48. The molecule has 6 rings (SSSR count). The van der Waals surface area contributed by atoms with Crippen molar-refractivity contribution in [3.63, 3.8) is 0 Å². The van der Waals surface area contributed by atoms with Crippen molar-refractivity contribution in [1.82, 2.24) is 29.7 Å². The van der Waals surface area contributed by atoms with Crippen LogP contribution < -0.4 is 10.2 Å². The van der Waals surface area contributed by atoms with E-state index >= 15 is 0 Å². The molecule has 5 aromatic rings. The Labute approximate surface area is 237 Å². The van der Waals surface area contributed by atoms with Gasteiger partial charge < -0.3 is 15.0 Å². The van der Waals surface area contributed by atoms with E-state index in [2.05, 4.69) is 35.3 Å². The molecule has 41 heavy (non-hydrogen) atoms. The van der Waals surface area contributed by atoms with Crippen LogP contribution in [0.2, 0.25) is 0 Å². The normalized spacial score (nSPS) is 13.8. The number of sulfone groups is 1. The topological polar surface area (TPSA) is 128 Å². The number of nitrogens with zero attached hydrogens (tertiary/aromatic N) is 7. The Hall–Kier alpha value is -4.68. The van der Waals surface area contributed by atoms with E-state index in [4.69, 9.17) is 4.74 Å². The predicted octanol–water partition coefficient (Wildman–Crippen LogP) is 4.08. The number of anilines is 3. The van der Waals surface area contributed by atoms with E-state index in [0.717, 1.165) is 28.3 Å². The predicted molar refractivity (Wildman–Crippen MR) is 156 cm³/mol. The lowest BCUT2D eigenvalue weighted by atomic mass is 10.1. The van der Waals surface area contributed by atoms with Crippen LogP contribution >= 0.6 is 0 Å². The molecule has 0 saturated carbocycles. The molecule has 2 aromatic carbocycles. The van der Waals surface area contributed by atoms with Crippen LogP contribution in [0.4, 0.5) is 17.3 Å². The second-order valence-corrected chi connectivity index (χ2v) is 11.7. The van der Waals surface area contributed by atoms with Crippen LogP contribution in [0.15, 0.2) is 84.3 Å². The Kier molecular flexibility index (Phi) is 7.16. The highest BCUT2D eigenvalue weighted by Gasteiger charge is 2.18. The van der Waals surface area contributed by atoms with Crippen molar-refractivity contribution >= 4 is 27.2 Å². The number of morpholine rings is 1. The van der Waals surface area contributed by atoms with E-state index in [-0.39, 0.29) is 4.90 Å². The first kappa shape index (κ1) is 26.5. The Bertz CT molecular complexity index is 1780. The number of benzene rings is 2. The van der Waals surface area contributed by atoms with Gasteiger partial charge in [0.2, 0.25) is 5.95 Å². The maximum atomic E-state index is 12.5. The molecule has 0 amide bonds. The van der Waals surface area contributed by atoms with E-state index in [1.807, 2.05) is 49.4 Å². The van der Waals surface area contributed by atoms with Gasteiger partial charge in [0.1, 0.15) is 6.33 Å². The van der Waals surface area contributed by atoms with Gasteiger partial charge >= 0.3 is 0 Å². The molecule has 1 aliphatic heterocycles. The maximum Gasteiger partial charge on any atom is 0.227 e. The van der Waals surface area contributed by atoms with E-state index in [1.54, 1.807) is 41.6 Å². The van der Waals surface area contributed by atoms with Crippen LogP contribution in [0.3, 0.4) is 0 Å². The van der Waals surface area contributed by atoms with Crippen LogP contribution in [0.25, 0.3) is 28.3 Å². The van der Waals surface area contributed by atoms with Gasteiger partial charge in [-0.25, -0.2) is 28.1 Å². The summed E-state index contributed by atoms with van der Waals surface area (Å²) in [5.74, 6) is 0.990. The van der Waals surface area contributed by atoms with Crippen molar-refractivity contribution in [3.05, 3.63) is 85.1 Å². The molecule has 0 aliphatic carbocycles. The summed E-state index contributed by atoms with van der Waals surface area (Å²) >= 11 is 0. The summed E-state index contributed by atoms with van der Waals surface area (Å²) in [4.78, 5) is 20.1. The summed E-state index contributed by atoms with van der Waals surface area (Å²) < 4.78 is 32.1. The molecule has 0 spiro atoms. The third kappa shape index (κ3) is 6.08. The average molecular weight is 569 g/mol. The van der Waals surface area contributed by atoms with Gasteiger partial charge in [-0.2, -0.15) is 0 Å². The lowest BCUT2D eigenvalue weighted by molar-refractivity contribution is 0.122. The van der Waals surface area contributed by atoms with Gasteiger partial charge in [-0.05, 0) is 67.6 Å². The van der Waals surface area contributed by atoms with Gasteiger partial charge in [0.05, 0.1) is 29.5 Å². The molecule has 3 aromatic heterocycles. The first-order valence-electron chi connectivity index (χ1n) is 13.1. The number of rotatable bonds is 7. The molecule has 1 aliphatic rings. The van der Waals surface area contributed by atoms with Crippen LogP contribution in [0, 0.1) is 6.92 Å². The third-order valence-electron chi connectivity index (χ3n) is 6.70. The standard InChI is InChI=1S/C29H28N8O3S/c1-20-3-4-21(18-31-20)28-32-19-37(35-28)24-7-5-23(6-8-24)33-29-30-10-9-27(34-29)22-15-25(36-11-13-40-14-12-36)17-26(16-22)41(2,38)39/h3-10,15-19H,11-14H2,1-2H3,(H,30,33,34). The minimum Gasteiger partial charge on any atom is -0.378 e. The summed E-state index contributed by atoms with van der Waals surface area (Å²) in [6, 6.07) is 18.6. The zero-order chi connectivity index (χ0) is 28.4. The van der Waals surface area contributed by atoms with Crippen LogP contribution in [-0.2, 0) is 14.6 Å². The molecule has 0 radical (unpaired) electrons. The highest BCUT2D eigenvalue weighted by atomic mass is 32.2. The summed E-state index contributed by atoms with van der Waals surface area (Å²) in [5, 5.41) is 7.80. The molecule has 0 atom stereocenters. The molecule has 1 N–H and O–H groups in total. The Morgan fingerprint density at radius 2 is 1.68 bits per heavy atom. The summed E-state index contributed by atoms with van der Waals surface area (Å²) in [7, 11) is -3.43. The molecule has 11 nitrogen and oxygen atoms in total. The molecule has 0 bridgehead atoms. The molecular weight excluding hydrogens is 540 g/mol. The largest absolute Gasteiger partial charge is 0.378 e. The first-order chi connectivity index (χ1) is 19.8. The SMILES string of the molecule is Cc1ccc(-c2ncn(-c3ccc(Nc4nccc(-c5cc(N6CCOCC6)cc(S(C)(=O)=O)c5)n4)cc3)n2)cn1. The number of hydrogen-bond donors (Lipinski definition) is 1. The highest BCUT2D eigenvalue weighted by Crippen LogP contribution is 2.29. The molecule has 1 saturated heterocycles. The van der Waals surface area contributed by atoms with Gasteiger partial charge in [-0.15, -0.1) is 5.10 Å². The zero-order valence-corrected chi connectivity index (χ0v) is 23.4. The second kappa shape index (κ2) is 11.1. The molecule has 4 heterocycles. The van der Waals surface area contributed by atoms with Crippen molar-refractivity contribution in [3.8, 4) is 28.3 Å². The average Bonchev–Trinajstić information content (AvgIpc) is 3.48. The minimum absolute atomic E-state index is 0.245. The van der Waals surface area contributed by atoms with Crippen molar-refractivity contribution in [2.45, 2.75) is 11.8 Å². The second-order valence-electron chi connectivity index (χ2n) is 9.73. The fourth-order valence-corrected chi connectivity index (χ4v) is 5.15. The third-order valence-corrected chi connectivity index (χ3v) is 7.79. The van der Waals surface area contributed by atoms with Crippen molar-refractivity contribution in [2.24, 2.45) is 0 Å². The van der Waals surface area contributed by atoms with E-state index in [0.29, 0.717) is 49.3 Å². The van der Waals surface area contributed by atoms with Gasteiger partial charge in [0.25, 0.3) is 0 Å². The van der Waals surface area contributed by atoms with Crippen molar-refractivity contribution in [1.29, 1.82) is 0 Å².